The van der Waals surface area contributed by atoms with Crippen molar-refractivity contribution in [2.75, 3.05) is 0 Å². The smallest absolute Gasteiger partial charge is 0.0771 e. The summed E-state index contributed by atoms with van der Waals surface area (Å²) >= 11 is 1.51. The van der Waals surface area contributed by atoms with Crippen molar-refractivity contribution in [2.45, 2.75) is 19.3 Å². The van der Waals surface area contributed by atoms with E-state index < -0.39 is 0 Å². The molecule has 0 fully saturated rings. The molecule has 0 atom stereocenters. The quantitative estimate of drug-likeness (QED) is 0.380. The molecule has 144 valence electrons. The van der Waals surface area contributed by atoms with Crippen LogP contribution in [-0.2, 0) is 24.2 Å². The van der Waals surface area contributed by atoms with E-state index in [9.17, 15) is 0 Å². The summed E-state index contributed by atoms with van der Waals surface area (Å²) in [6.07, 6.45) is 16.0. The summed E-state index contributed by atoms with van der Waals surface area (Å²) in [6.45, 7) is 7.28. The molecule has 0 nitrogen and oxygen atoms in total. The van der Waals surface area contributed by atoms with Crippen LogP contribution in [0.4, 0.5) is 0 Å². The second-order valence-corrected chi connectivity index (χ2v) is 7.65. The van der Waals surface area contributed by atoms with Crippen LogP contribution in [0, 0.1) is 6.08 Å². The Kier molecular flexibility index (Phi) is 14.7. The Balaban J connectivity index is 0.000000423. The van der Waals surface area contributed by atoms with E-state index in [1.807, 2.05) is 24.3 Å². The number of hydrogen-bond donors (Lipinski definition) is 0. The minimum Gasteiger partial charge on any atom is -1.00 e. The summed E-state index contributed by atoms with van der Waals surface area (Å²) < 4.78 is 1.52. The minimum absolute atomic E-state index is 0. The first-order chi connectivity index (χ1) is 12.8. The number of fused-ring (bicyclic) bond motifs is 3. The average molecular weight is 487 g/mol. The van der Waals surface area contributed by atoms with Gasteiger partial charge in [0.1, 0.15) is 0 Å². The van der Waals surface area contributed by atoms with Crippen LogP contribution in [-0.4, -0.2) is 3.21 Å². The molecule has 1 aliphatic rings. The van der Waals surface area contributed by atoms with Crippen LogP contribution >= 0.6 is 0 Å². The molecule has 0 unspecified atom stereocenters. The van der Waals surface area contributed by atoms with E-state index in [1.54, 1.807) is 0 Å². The third kappa shape index (κ3) is 8.74. The van der Waals surface area contributed by atoms with Crippen LogP contribution in [0.5, 0.6) is 0 Å². The predicted molar refractivity (Wildman–Crippen MR) is 113 cm³/mol. The van der Waals surface area contributed by atoms with Crippen molar-refractivity contribution in [1.82, 2.24) is 0 Å². The van der Waals surface area contributed by atoms with Crippen LogP contribution < -0.4 is 24.8 Å². The van der Waals surface area contributed by atoms with E-state index in [4.69, 9.17) is 0 Å². The summed E-state index contributed by atoms with van der Waals surface area (Å²) in [4.78, 5) is 0. The SMILES string of the molecule is C=CC[C](=[Zr+2])CC=C.[C-]1=CC=CC1.[Cl-].[Cl-].c1ccc2c(c1)[cH-]c1ccccc12. The Bertz CT molecular complexity index is 860. The molecule has 3 aromatic rings. The number of hydrogen-bond acceptors (Lipinski definition) is 0. The maximum Gasteiger partial charge on any atom is -0.0771 e. The standard InChI is InChI=1S/C13H9.C7H10.C5H5.2ClH.Zr/c1-3-7-12-10(5-1)9-11-6-2-4-8-13(11)12;1-3-5-7-6-4-2;1-2-4-5-3-1;;;/h1-9H;3-4H,1-2,5-6H2;1-3H,4H2;2*1H;/q-1;;-1;;;+2/p-2. The fraction of sp³-hybridized carbons (Fsp3) is 0.120. The zero-order chi connectivity index (χ0) is 18.6. The average Bonchev–Trinajstić information content (AvgIpc) is 3.34. The topological polar surface area (TPSA) is 0 Å². The summed E-state index contributed by atoms with van der Waals surface area (Å²) in [5.74, 6) is 0. The van der Waals surface area contributed by atoms with E-state index >= 15 is 0 Å². The molecule has 1 aliphatic carbocycles. The van der Waals surface area contributed by atoms with Gasteiger partial charge in [0, 0.05) is 0 Å². The van der Waals surface area contributed by atoms with E-state index in [2.05, 4.69) is 79.9 Å². The van der Waals surface area contributed by atoms with Crippen molar-refractivity contribution >= 4 is 24.8 Å². The molecule has 3 aromatic carbocycles. The molecule has 0 saturated heterocycles. The van der Waals surface area contributed by atoms with Gasteiger partial charge in [0.15, 0.2) is 0 Å². The molecular weight excluding hydrogens is 462 g/mol. The first-order valence-electron chi connectivity index (χ1n) is 8.79. The van der Waals surface area contributed by atoms with Gasteiger partial charge in [0.25, 0.3) is 0 Å². The molecule has 3 heteroatoms. The fourth-order valence-corrected chi connectivity index (χ4v) is 3.39. The summed E-state index contributed by atoms with van der Waals surface area (Å²) in [6, 6.07) is 19.3. The molecule has 0 bridgehead atoms. The molecule has 0 aliphatic heterocycles. The zero-order valence-corrected chi connectivity index (χ0v) is 19.8. The van der Waals surface area contributed by atoms with Crippen LogP contribution in [0.25, 0.3) is 21.5 Å². The van der Waals surface area contributed by atoms with E-state index in [1.165, 1.54) is 49.0 Å². The van der Waals surface area contributed by atoms with Gasteiger partial charge in [-0.3, -0.25) is 6.08 Å². The van der Waals surface area contributed by atoms with E-state index in [0.717, 1.165) is 19.3 Å². The van der Waals surface area contributed by atoms with Crippen molar-refractivity contribution in [3.63, 3.8) is 0 Å². The molecular formula is C25H24Cl2Zr-2. The third-order valence-corrected chi connectivity index (χ3v) is 4.89. The van der Waals surface area contributed by atoms with Crippen LogP contribution in [0.1, 0.15) is 19.3 Å². The minimum atomic E-state index is 0. The molecule has 0 aromatic heterocycles. The number of benzene rings is 2. The van der Waals surface area contributed by atoms with Crippen molar-refractivity contribution in [3.05, 3.63) is 104 Å². The first kappa shape index (κ1) is 26.6. The van der Waals surface area contributed by atoms with Gasteiger partial charge in [-0.05, 0) is 0 Å². The molecule has 4 rings (SSSR count). The Morgan fingerprint density at radius 1 is 0.929 bits per heavy atom. The van der Waals surface area contributed by atoms with Crippen LogP contribution in [0.2, 0.25) is 0 Å². The van der Waals surface area contributed by atoms with Crippen LogP contribution in [0.3, 0.4) is 0 Å². The van der Waals surface area contributed by atoms with Crippen LogP contribution in [0.15, 0.2) is 98.1 Å². The summed E-state index contributed by atoms with van der Waals surface area (Å²) in [5, 5.41) is 5.39. The molecule has 28 heavy (non-hydrogen) atoms. The molecule has 0 heterocycles. The number of rotatable bonds is 4. The van der Waals surface area contributed by atoms with Gasteiger partial charge in [-0.25, -0.2) is 12.2 Å². The zero-order valence-electron chi connectivity index (χ0n) is 15.9. The second kappa shape index (κ2) is 15.5. The molecule has 0 saturated carbocycles. The Morgan fingerprint density at radius 2 is 1.43 bits per heavy atom. The van der Waals surface area contributed by atoms with Gasteiger partial charge in [-0.2, -0.15) is 6.08 Å². The van der Waals surface area contributed by atoms with Gasteiger partial charge < -0.3 is 24.8 Å². The van der Waals surface area contributed by atoms with Crippen molar-refractivity contribution in [2.24, 2.45) is 0 Å². The van der Waals surface area contributed by atoms with Gasteiger partial charge in [-0.1, -0.05) is 36.4 Å². The maximum absolute atomic E-state index is 3.64. The van der Waals surface area contributed by atoms with Crippen molar-refractivity contribution in [1.29, 1.82) is 0 Å². The molecule has 0 spiro atoms. The Morgan fingerprint density at radius 3 is 1.79 bits per heavy atom. The van der Waals surface area contributed by atoms with Gasteiger partial charge >= 0.3 is 65.6 Å². The summed E-state index contributed by atoms with van der Waals surface area (Å²) in [5.41, 5.74) is 0. The fourth-order valence-electron chi connectivity index (χ4n) is 2.68. The second-order valence-electron chi connectivity index (χ2n) is 5.91. The Labute approximate surface area is 196 Å². The van der Waals surface area contributed by atoms with Gasteiger partial charge in [0.05, 0.1) is 0 Å². The Hall–Kier alpha value is -1.40. The first-order valence-corrected chi connectivity index (χ1v) is 10.0. The molecule has 0 radical (unpaired) electrons. The van der Waals surface area contributed by atoms with Crippen molar-refractivity contribution < 1.29 is 49.0 Å². The van der Waals surface area contributed by atoms with Gasteiger partial charge in [0.2, 0.25) is 0 Å². The maximum atomic E-state index is 3.64. The van der Waals surface area contributed by atoms with Gasteiger partial charge in [-0.15, -0.1) is 46.2 Å². The monoisotopic (exact) mass is 484 g/mol. The molecule has 0 N–H and O–H groups in total. The normalized spacial score (nSPS) is 10.6. The number of halogens is 2. The van der Waals surface area contributed by atoms with E-state index in [0.29, 0.717) is 0 Å². The predicted octanol–water partition coefficient (Wildman–Crippen LogP) is 0.883. The number of allylic oxidation sites excluding steroid dienone is 6. The third-order valence-electron chi connectivity index (χ3n) is 3.89. The largest absolute Gasteiger partial charge is 1.00 e. The van der Waals surface area contributed by atoms with E-state index in [-0.39, 0.29) is 24.8 Å². The molecule has 0 amide bonds. The summed E-state index contributed by atoms with van der Waals surface area (Å²) in [7, 11) is 0. The van der Waals surface area contributed by atoms with Crippen molar-refractivity contribution in [3.8, 4) is 0 Å².